The van der Waals surface area contributed by atoms with Crippen LogP contribution in [-0.4, -0.2) is 29.4 Å². The third-order valence-corrected chi connectivity index (χ3v) is 4.90. The van der Waals surface area contributed by atoms with Crippen molar-refractivity contribution < 1.29 is 14.3 Å². The first-order chi connectivity index (χ1) is 15.5. The fourth-order valence-electron chi connectivity index (χ4n) is 3.29. The number of aryl methyl sites for hydroxylation is 1. The Morgan fingerprint density at radius 1 is 1.09 bits per heavy atom. The molecule has 0 bridgehead atoms. The van der Waals surface area contributed by atoms with E-state index in [9.17, 15) is 9.59 Å². The van der Waals surface area contributed by atoms with Crippen LogP contribution in [0.15, 0.2) is 59.4 Å². The van der Waals surface area contributed by atoms with Crippen molar-refractivity contribution in [1.82, 2.24) is 9.78 Å². The molecule has 0 aliphatic heterocycles. The Labute approximate surface area is 188 Å². The number of rotatable bonds is 10. The summed E-state index contributed by atoms with van der Waals surface area (Å²) in [6.45, 7) is 4.42. The molecule has 0 radical (unpaired) electrons. The zero-order valence-electron chi connectivity index (χ0n) is 18.8. The molecular formula is C25H29N3O4. The highest BCUT2D eigenvalue weighted by molar-refractivity contribution is 5.90. The van der Waals surface area contributed by atoms with Crippen LogP contribution >= 0.6 is 0 Å². The number of ether oxygens (including phenoxy) is 2. The maximum Gasteiger partial charge on any atom is 0.270 e. The van der Waals surface area contributed by atoms with Crippen LogP contribution in [0.25, 0.3) is 0 Å². The lowest BCUT2D eigenvalue weighted by atomic mass is 10.1. The van der Waals surface area contributed by atoms with Crippen molar-refractivity contribution in [3.8, 4) is 11.5 Å². The fourth-order valence-corrected chi connectivity index (χ4v) is 3.29. The van der Waals surface area contributed by atoms with Crippen LogP contribution in [0.3, 0.4) is 0 Å². The standard InChI is InChI=1S/C25H29N3O4/c1-4-5-13-32-22-11-9-21(10-12-22)26-24(29)17-28-25(30)20(14-18(2)27-28)15-19-7-6-8-23(16-19)31-3/h6-12,14,16H,4-5,13,15,17H2,1-3H3,(H,26,29). The predicted octanol–water partition coefficient (Wildman–Crippen LogP) is 3.97. The number of carbonyl (C=O) groups excluding carboxylic acids is 1. The van der Waals surface area contributed by atoms with Crippen molar-refractivity contribution in [2.75, 3.05) is 19.0 Å². The largest absolute Gasteiger partial charge is 0.497 e. The third kappa shape index (κ3) is 6.44. The second-order valence-corrected chi connectivity index (χ2v) is 7.58. The minimum atomic E-state index is -0.322. The summed E-state index contributed by atoms with van der Waals surface area (Å²) in [4.78, 5) is 25.4. The van der Waals surface area contributed by atoms with Crippen LogP contribution in [0.2, 0.25) is 0 Å². The highest BCUT2D eigenvalue weighted by Crippen LogP contribution is 2.17. The van der Waals surface area contributed by atoms with Gasteiger partial charge in [-0.3, -0.25) is 9.59 Å². The maximum atomic E-state index is 12.9. The number of unbranched alkanes of at least 4 members (excludes halogenated alkanes) is 1. The Morgan fingerprint density at radius 2 is 1.88 bits per heavy atom. The highest BCUT2D eigenvalue weighted by atomic mass is 16.5. The molecule has 3 rings (SSSR count). The number of benzene rings is 2. The number of aromatic nitrogens is 2. The number of nitrogens with zero attached hydrogens (tertiary/aromatic N) is 2. The Morgan fingerprint density at radius 3 is 2.59 bits per heavy atom. The first kappa shape index (κ1) is 23.1. The zero-order chi connectivity index (χ0) is 22.9. The van der Waals surface area contributed by atoms with E-state index in [0.29, 0.717) is 30.0 Å². The van der Waals surface area contributed by atoms with Crippen LogP contribution in [0.1, 0.15) is 36.6 Å². The Hall–Kier alpha value is -3.61. The third-order valence-electron chi connectivity index (χ3n) is 4.90. The Kier molecular flexibility index (Phi) is 8.02. The van der Waals surface area contributed by atoms with Gasteiger partial charge in [-0.05, 0) is 61.4 Å². The first-order valence-corrected chi connectivity index (χ1v) is 10.7. The second-order valence-electron chi connectivity index (χ2n) is 7.58. The van der Waals surface area contributed by atoms with E-state index in [1.54, 1.807) is 32.2 Å². The van der Waals surface area contributed by atoms with Crippen molar-refractivity contribution in [3.05, 3.63) is 81.8 Å². The van der Waals surface area contributed by atoms with Crippen LogP contribution < -0.4 is 20.3 Å². The van der Waals surface area contributed by atoms with Gasteiger partial charge >= 0.3 is 0 Å². The minimum Gasteiger partial charge on any atom is -0.497 e. The Bertz CT molecular complexity index is 1110. The van der Waals surface area contributed by atoms with E-state index >= 15 is 0 Å². The quantitative estimate of drug-likeness (QED) is 0.487. The maximum absolute atomic E-state index is 12.9. The molecule has 1 aromatic heterocycles. The minimum absolute atomic E-state index is 0.166. The van der Waals surface area contributed by atoms with Gasteiger partial charge in [0.25, 0.3) is 5.56 Å². The molecule has 168 valence electrons. The molecule has 0 saturated heterocycles. The molecule has 0 saturated carbocycles. The summed E-state index contributed by atoms with van der Waals surface area (Å²) in [5, 5.41) is 7.05. The van der Waals surface area contributed by atoms with Crippen LogP contribution in [0.5, 0.6) is 11.5 Å². The van der Waals surface area contributed by atoms with E-state index in [0.717, 1.165) is 29.9 Å². The van der Waals surface area contributed by atoms with Crippen LogP contribution in [-0.2, 0) is 17.8 Å². The highest BCUT2D eigenvalue weighted by Gasteiger charge is 2.12. The smallest absolute Gasteiger partial charge is 0.270 e. The van der Waals surface area contributed by atoms with E-state index in [-0.39, 0.29) is 18.0 Å². The lowest BCUT2D eigenvalue weighted by molar-refractivity contribution is -0.117. The van der Waals surface area contributed by atoms with E-state index in [4.69, 9.17) is 9.47 Å². The van der Waals surface area contributed by atoms with Gasteiger partial charge in [0.1, 0.15) is 18.0 Å². The van der Waals surface area contributed by atoms with Gasteiger partial charge in [-0.25, -0.2) is 4.68 Å². The van der Waals surface area contributed by atoms with Gasteiger partial charge in [0.05, 0.1) is 19.4 Å². The number of amides is 1. The van der Waals surface area contributed by atoms with Crippen LogP contribution in [0.4, 0.5) is 5.69 Å². The lowest BCUT2D eigenvalue weighted by Crippen LogP contribution is -2.32. The average Bonchev–Trinajstić information content (AvgIpc) is 2.78. The van der Waals surface area contributed by atoms with Gasteiger partial charge < -0.3 is 14.8 Å². The first-order valence-electron chi connectivity index (χ1n) is 10.7. The lowest BCUT2D eigenvalue weighted by Gasteiger charge is -2.11. The fraction of sp³-hybridized carbons (Fsp3) is 0.320. The van der Waals surface area contributed by atoms with E-state index in [1.807, 2.05) is 36.4 Å². The van der Waals surface area contributed by atoms with Gasteiger partial charge in [-0.15, -0.1) is 0 Å². The van der Waals surface area contributed by atoms with Crippen molar-refractivity contribution in [3.63, 3.8) is 0 Å². The van der Waals surface area contributed by atoms with Gasteiger partial charge in [0.2, 0.25) is 5.91 Å². The van der Waals surface area contributed by atoms with E-state index in [1.165, 1.54) is 4.68 Å². The zero-order valence-corrected chi connectivity index (χ0v) is 18.8. The molecule has 0 aliphatic carbocycles. The molecule has 0 atom stereocenters. The van der Waals surface area contributed by atoms with Crippen LogP contribution in [0, 0.1) is 6.92 Å². The normalized spacial score (nSPS) is 10.6. The second kappa shape index (κ2) is 11.1. The van der Waals surface area contributed by atoms with Gasteiger partial charge in [-0.2, -0.15) is 5.10 Å². The molecule has 32 heavy (non-hydrogen) atoms. The summed E-state index contributed by atoms with van der Waals surface area (Å²) >= 11 is 0. The molecule has 0 fully saturated rings. The molecule has 2 aromatic carbocycles. The summed E-state index contributed by atoms with van der Waals surface area (Å²) < 4.78 is 12.1. The molecule has 0 spiro atoms. The number of carbonyl (C=O) groups is 1. The molecule has 7 nitrogen and oxygen atoms in total. The number of hydrogen-bond donors (Lipinski definition) is 1. The van der Waals surface area contributed by atoms with Gasteiger partial charge in [0, 0.05) is 17.7 Å². The predicted molar refractivity (Wildman–Crippen MR) is 125 cm³/mol. The van der Waals surface area contributed by atoms with Crippen molar-refractivity contribution >= 4 is 11.6 Å². The summed E-state index contributed by atoms with van der Waals surface area (Å²) in [6, 6.07) is 16.5. The molecule has 3 aromatic rings. The molecule has 7 heteroatoms. The number of anilines is 1. The van der Waals surface area contributed by atoms with E-state index < -0.39 is 0 Å². The van der Waals surface area contributed by atoms with Gasteiger partial charge in [-0.1, -0.05) is 25.5 Å². The number of hydrogen-bond acceptors (Lipinski definition) is 5. The van der Waals surface area contributed by atoms with Crippen molar-refractivity contribution in [2.24, 2.45) is 0 Å². The Balaban J connectivity index is 1.67. The topological polar surface area (TPSA) is 82.4 Å². The van der Waals surface area contributed by atoms with E-state index in [2.05, 4.69) is 17.3 Å². The monoisotopic (exact) mass is 435 g/mol. The number of nitrogens with one attached hydrogen (secondary N) is 1. The summed E-state index contributed by atoms with van der Waals surface area (Å²) in [7, 11) is 1.61. The molecule has 1 heterocycles. The average molecular weight is 436 g/mol. The molecule has 1 N–H and O–H groups in total. The van der Waals surface area contributed by atoms with Crippen molar-refractivity contribution in [2.45, 2.75) is 39.7 Å². The summed E-state index contributed by atoms with van der Waals surface area (Å²) in [6.07, 6.45) is 2.50. The molecular weight excluding hydrogens is 406 g/mol. The molecule has 0 aliphatic rings. The summed E-state index contributed by atoms with van der Waals surface area (Å²) in [5.74, 6) is 1.17. The SMILES string of the molecule is CCCCOc1ccc(NC(=O)Cn2nc(C)cc(Cc3cccc(OC)c3)c2=O)cc1. The van der Waals surface area contributed by atoms with Crippen molar-refractivity contribution in [1.29, 1.82) is 0 Å². The summed E-state index contributed by atoms with van der Waals surface area (Å²) in [5.41, 5.74) is 2.55. The van der Waals surface area contributed by atoms with Gasteiger partial charge in [0.15, 0.2) is 0 Å². The number of methoxy groups -OCH3 is 1. The molecule has 1 amide bonds. The molecule has 0 unspecified atom stereocenters.